The van der Waals surface area contributed by atoms with Crippen LogP contribution in [0.3, 0.4) is 0 Å². The highest BCUT2D eigenvalue weighted by atomic mass is 32.2. The molecule has 1 saturated heterocycles. The molecule has 172 valence electrons. The quantitative estimate of drug-likeness (QED) is 0.478. The zero-order valence-corrected chi connectivity index (χ0v) is 21.5. The SMILES string of the molecule is COC(=O)[C@H]1C[C@H]2CN(S(=O)(=O)c3ccc(C)cc3)C[C@H]2C=C1O[Si](C)(C)C(C)(C)C. The van der Waals surface area contributed by atoms with E-state index in [1.165, 1.54) is 7.11 Å². The predicted molar refractivity (Wildman–Crippen MR) is 123 cm³/mol. The Hall–Kier alpha value is -1.64. The van der Waals surface area contributed by atoms with Crippen molar-refractivity contribution in [3.8, 4) is 0 Å². The Bertz CT molecular complexity index is 963. The van der Waals surface area contributed by atoms with Gasteiger partial charge in [-0.25, -0.2) is 8.42 Å². The second kappa shape index (κ2) is 8.37. The van der Waals surface area contributed by atoms with Crippen LogP contribution in [0.2, 0.25) is 18.1 Å². The maximum atomic E-state index is 13.2. The zero-order chi connectivity index (χ0) is 23.2. The van der Waals surface area contributed by atoms with Crippen LogP contribution in [-0.4, -0.2) is 47.2 Å². The van der Waals surface area contributed by atoms with Gasteiger partial charge in [-0.3, -0.25) is 4.79 Å². The van der Waals surface area contributed by atoms with Crippen molar-refractivity contribution in [1.29, 1.82) is 0 Å². The molecule has 0 bridgehead atoms. The van der Waals surface area contributed by atoms with E-state index < -0.39 is 24.3 Å². The zero-order valence-electron chi connectivity index (χ0n) is 19.6. The minimum atomic E-state index is -3.58. The van der Waals surface area contributed by atoms with Crippen LogP contribution in [0.15, 0.2) is 41.0 Å². The number of rotatable bonds is 5. The van der Waals surface area contributed by atoms with E-state index in [9.17, 15) is 13.2 Å². The minimum absolute atomic E-state index is 0.0121. The summed E-state index contributed by atoms with van der Waals surface area (Å²) in [7, 11) is -4.34. The van der Waals surface area contributed by atoms with Crippen LogP contribution in [0.5, 0.6) is 0 Å². The summed E-state index contributed by atoms with van der Waals surface area (Å²) in [4.78, 5) is 12.9. The summed E-state index contributed by atoms with van der Waals surface area (Å²) in [6.45, 7) is 13.5. The van der Waals surface area contributed by atoms with Gasteiger partial charge in [0.15, 0.2) is 0 Å². The second-order valence-electron chi connectivity index (χ2n) is 10.3. The Labute approximate surface area is 187 Å². The third-order valence-electron chi connectivity index (χ3n) is 7.04. The van der Waals surface area contributed by atoms with Crippen LogP contribution in [0.1, 0.15) is 32.8 Å². The van der Waals surface area contributed by atoms with Gasteiger partial charge in [-0.05, 0) is 61.5 Å². The molecular formula is C23H35NO5SSi. The van der Waals surface area contributed by atoms with Crippen molar-refractivity contribution in [2.75, 3.05) is 20.2 Å². The smallest absolute Gasteiger partial charge is 0.316 e. The Kier molecular flexibility index (Phi) is 6.48. The average Bonchev–Trinajstić information content (AvgIpc) is 3.09. The Morgan fingerprint density at radius 2 is 1.74 bits per heavy atom. The maximum Gasteiger partial charge on any atom is 0.316 e. The lowest BCUT2D eigenvalue weighted by Crippen LogP contribution is -2.43. The van der Waals surface area contributed by atoms with Gasteiger partial charge >= 0.3 is 5.97 Å². The molecule has 8 heteroatoms. The number of benzene rings is 1. The van der Waals surface area contributed by atoms with Gasteiger partial charge in [-0.15, -0.1) is 0 Å². The van der Waals surface area contributed by atoms with E-state index in [-0.39, 0.29) is 22.8 Å². The van der Waals surface area contributed by atoms with Crippen molar-refractivity contribution in [2.24, 2.45) is 17.8 Å². The summed E-state index contributed by atoms with van der Waals surface area (Å²) >= 11 is 0. The lowest BCUT2D eigenvalue weighted by atomic mass is 9.80. The number of hydrogen-bond acceptors (Lipinski definition) is 5. The molecule has 1 aliphatic heterocycles. The molecule has 1 aromatic carbocycles. The first kappa shape index (κ1) is 24.0. The molecule has 1 aliphatic carbocycles. The normalized spacial score (nSPS) is 25.0. The molecule has 0 amide bonds. The molecule has 1 aromatic rings. The molecule has 31 heavy (non-hydrogen) atoms. The van der Waals surface area contributed by atoms with Crippen molar-refractivity contribution in [1.82, 2.24) is 4.31 Å². The van der Waals surface area contributed by atoms with Crippen molar-refractivity contribution in [3.05, 3.63) is 41.7 Å². The molecule has 6 nitrogen and oxygen atoms in total. The summed E-state index contributed by atoms with van der Waals surface area (Å²) < 4.78 is 39.5. The van der Waals surface area contributed by atoms with Crippen molar-refractivity contribution in [2.45, 2.75) is 57.1 Å². The molecule has 2 aliphatic rings. The van der Waals surface area contributed by atoms with Crippen LogP contribution < -0.4 is 0 Å². The molecule has 0 N–H and O–H groups in total. The van der Waals surface area contributed by atoms with Gasteiger partial charge in [-0.1, -0.05) is 38.5 Å². The average molecular weight is 466 g/mol. The summed E-state index contributed by atoms with van der Waals surface area (Å²) in [5, 5.41) is -0.0121. The van der Waals surface area contributed by atoms with Crippen LogP contribution in [0, 0.1) is 24.7 Å². The van der Waals surface area contributed by atoms with E-state index in [0.29, 0.717) is 30.2 Å². The molecule has 0 unspecified atom stereocenters. The summed E-state index contributed by atoms with van der Waals surface area (Å²) in [5.74, 6) is -0.0445. The molecule has 0 radical (unpaired) electrons. The lowest BCUT2D eigenvalue weighted by molar-refractivity contribution is -0.145. The van der Waals surface area contributed by atoms with E-state index in [1.54, 1.807) is 16.4 Å². The summed E-state index contributed by atoms with van der Waals surface area (Å²) in [5.41, 5.74) is 1.02. The Morgan fingerprint density at radius 3 is 2.29 bits per heavy atom. The van der Waals surface area contributed by atoms with E-state index in [2.05, 4.69) is 33.9 Å². The van der Waals surface area contributed by atoms with Crippen LogP contribution in [0.4, 0.5) is 0 Å². The number of ether oxygens (including phenoxy) is 1. The standard InChI is InChI=1S/C23H35NO5SSi/c1-16-8-10-19(11-9-16)30(26,27)24-14-17-12-20(22(25)28-5)21(13-18(17)15-24)29-31(6,7)23(2,3)4/h8-11,13,17-18,20H,12,14-15H2,1-7H3/t17-,18+,20-/m0/s1. The Balaban J connectivity index is 1.89. The molecule has 1 heterocycles. The summed E-state index contributed by atoms with van der Waals surface area (Å²) in [6.07, 6.45) is 2.54. The van der Waals surface area contributed by atoms with Gasteiger partial charge in [0.05, 0.1) is 17.8 Å². The van der Waals surface area contributed by atoms with Gasteiger partial charge in [0, 0.05) is 13.1 Å². The van der Waals surface area contributed by atoms with Crippen molar-refractivity contribution < 1.29 is 22.4 Å². The monoisotopic (exact) mass is 465 g/mol. The first-order valence-electron chi connectivity index (χ1n) is 10.8. The predicted octanol–water partition coefficient (Wildman–Crippen LogP) is 4.33. The fourth-order valence-corrected chi connectivity index (χ4v) is 6.64. The fourth-order valence-electron chi connectivity index (χ4n) is 4.00. The van der Waals surface area contributed by atoms with Crippen LogP contribution >= 0.6 is 0 Å². The highest BCUT2D eigenvalue weighted by Crippen LogP contribution is 2.44. The molecule has 1 fully saturated rings. The van der Waals surface area contributed by atoms with Gasteiger partial charge in [0.1, 0.15) is 5.92 Å². The Morgan fingerprint density at radius 1 is 1.13 bits per heavy atom. The van der Waals surface area contributed by atoms with Gasteiger partial charge in [0.25, 0.3) is 0 Å². The highest BCUT2D eigenvalue weighted by molar-refractivity contribution is 7.89. The topological polar surface area (TPSA) is 72.9 Å². The molecule has 0 saturated carbocycles. The molecule has 0 aromatic heterocycles. The lowest BCUT2D eigenvalue weighted by Gasteiger charge is -2.40. The van der Waals surface area contributed by atoms with E-state index >= 15 is 0 Å². The number of aryl methyl sites for hydroxylation is 1. The molecule has 3 atom stereocenters. The maximum absolute atomic E-state index is 13.2. The van der Waals surface area contributed by atoms with Crippen molar-refractivity contribution in [3.63, 3.8) is 0 Å². The number of sulfonamides is 1. The van der Waals surface area contributed by atoms with Crippen LogP contribution in [0.25, 0.3) is 0 Å². The molecular weight excluding hydrogens is 430 g/mol. The minimum Gasteiger partial charge on any atom is -0.546 e. The number of esters is 1. The second-order valence-corrected chi connectivity index (χ2v) is 17.0. The van der Waals surface area contributed by atoms with E-state index in [1.807, 2.05) is 25.1 Å². The largest absolute Gasteiger partial charge is 0.546 e. The van der Waals surface area contributed by atoms with Crippen molar-refractivity contribution >= 4 is 24.3 Å². The number of hydrogen-bond donors (Lipinski definition) is 0. The number of carbonyl (C=O) groups excluding carboxylic acids is 1. The fraction of sp³-hybridized carbons (Fsp3) is 0.609. The van der Waals surface area contributed by atoms with Gasteiger partial charge in [0.2, 0.25) is 18.3 Å². The van der Waals surface area contributed by atoms with E-state index in [4.69, 9.17) is 9.16 Å². The molecule has 0 spiro atoms. The van der Waals surface area contributed by atoms with Crippen LogP contribution in [-0.2, 0) is 24.0 Å². The summed E-state index contributed by atoms with van der Waals surface area (Å²) in [6, 6.07) is 6.94. The first-order chi connectivity index (χ1) is 14.3. The first-order valence-corrected chi connectivity index (χ1v) is 15.2. The molecule has 3 rings (SSSR count). The third-order valence-corrected chi connectivity index (χ3v) is 13.2. The third kappa shape index (κ3) is 4.76. The van der Waals surface area contributed by atoms with Gasteiger partial charge < -0.3 is 9.16 Å². The number of methoxy groups -OCH3 is 1. The highest BCUT2D eigenvalue weighted by Gasteiger charge is 2.47. The van der Waals surface area contributed by atoms with E-state index in [0.717, 1.165) is 5.56 Å². The number of nitrogens with zero attached hydrogens (tertiary/aromatic N) is 1. The van der Waals surface area contributed by atoms with Gasteiger partial charge in [-0.2, -0.15) is 4.31 Å². The number of fused-ring (bicyclic) bond motifs is 1. The number of carbonyl (C=O) groups is 1.